The highest BCUT2D eigenvalue weighted by molar-refractivity contribution is 9.10. The Hall–Kier alpha value is -1.04. The van der Waals surface area contributed by atoms with E-state index in [0.717, 1.165) is 10.0 Å². The van der Waals surface area contributed by atoms with Gasteiger partial charge in [0.1, 0.15) is 12.4 Å². The molecule has 6 heteroatoms. The molecular weight excluding hydrogens is 411 g/mol. The van der Waals surface area contributed by atoms with Gasteiger partial charge in [0.05, 0.1) is 10.6 Å². The van der Waals surface area contributed by atoms with E-state index in [4.69, 9.17) is 21.4 Å². The summed E-state index contributed by atoms with van der Waals surface area (Å²) >= 11 is 12.7. The first-order valence-electron chi connectivity index (χ1n) is 5.57. The van der Waals surface area contributed by atoms with Gasteiger partial charge in [0.2, 0.25) is 0 Å². The topological polar surface area (TPSA) is 46.5 Å². The largest absolute Gasteiger partial charge is 0.487 e. The van der Waals surface area contributed by atoms with Crippen LogP contribution in [0, 0.1) is 0 Å². The second kappa shape index (κ2) is 6.61. The molecule has 1 N–H and O–H groups in total. The van der Waals surface area contributed by atoms with E-state index < -0.39 is 5.97 Å². The lowest BCUT2D eigenvalue weighted by molar-refractivity contribution is 0.0696. The highest BCUT2D eigenvalue weighted by Crippen LogP contribution is 2.29. The number of halogens is 3. The molecule has 0 aliphatic carbocycles. The van der Waals surface area contributed by atoms with Crippen LogP contribution in [0.5, 0.6) is 5.75 Å². The van der Waals surface area contributed by atoms with Crippen molar-refractivity contribution in [3.63, 3.8) is 0 Å². The zero-order valence-corrected chi connectivity index (χ0v) is 14.0. The van der Waals surface area contributed by atoms with Crippen molar-refractivity contribution in [3.8, 4) is 5.75 Å². The molecule has 2 rings (SSSR count). The number of benzene rings is 2. The van der Waals surface area contributed by atoms with Crippen molar-refractivity contribution in [2.45, 2.75) is 6.61 Å². The number of carbonyl (C=O) groups is 1. The molecule has 0 radical (unpaired) electrons. The van der Waals surface area contributed by atoms with Gasteiger partial charge in [0.15, 0.2) is 0 Å². The second-order valence-electron chi connectivity index (χ2n) is 3.97. The van der Waals surface area contributed by atoms with E-state index in [2.05, 4.69) is 31.9 Å². The lowest BCUT2D eigenvalue weighted by Crippen LogP contribution is -2.00. The summed E-state index contributed by atoms with van der Waals surface area (Å²) in [6.07, 6.45) is 0. The van der Waals surface area contributed by atoms with Crippen LogP contribution in [0.4, 0.5) is 0 Å². The Morgan fingerprint density at radius 2 is 1.95 bits per heavy atom. The first kappa shape index (κ1) is 15.4. The van der Waals surface area contributed by atoms with E-state index in [-0.39, 0.29) is 5.56 Å². The van der Waals surface area contributed by atoms with E-state index in [0.29, 0.717) is 21.9 Å². The zero-order chi connectivity index (χ0) is 14.7. The minimum atomic E-state index is -0.964. The third kappa shape index (κ3) is 3.75. The van der Waals surface area contributed by atoms with Crippen LogP contribution < -0.4 is 4.74 Å². The van der Waals surface area contributed by atoms with Gasteiger partial charge in [-0.25, -0.2) is 4.79 Å². The average Bonchev–Trinajstić information content (AvgIpc) is 2.38. The second-order valence-corrected chi connectivity index (χ2v) is 6.15. The van der Waals surface area contributed by atoms with Crippen LogP contribution in [-0.4, -0.2) is 11.1 Å². The van der Waals surface area contributed by atoms with Crippen molar-refractivity contribution in [1.29, 1.82) is 0 Å². The first-order chi connectivity index (χ1) is 9.47. The van der Waals surface area contributed by atoms with Gasteiger partial charge >= 0.3 is 5.97 Å². The fraction of sp³-hybridized carbons (Fsp3) is 0.0714. The third-order valence-electron chi connectivity index (χ3n) is 2.58. The molecule has 0 aromatic heterocycles. The molecule has 0 amide bonds. The lowest BCUT2D eigenvalue weighted by atomic mass is 10.1. The van der Waals surface area contributed by atoms with E-state index in [1.807, 2.05) is 6.07 Å². The van der Waals surface area contributed by atoms with Gasteiger partial charge in [0.25, 0.3) is 0 Å². The third-order valence-corrected chi connectivity index (χ3v) is 4.10. The normalized spacial score (nSPS) is 10.3. The number of hydrogen-bond donors (Lipinski definition) is 1. The summed E-state index contributed by atoms with van der Waals surface area (Å²) in [6, 6.07) is 10.1. The fourth-order valence-electron chi connectivity index (χ4n) is 1.55. The Bertz CT molecular complexity index is 659. The summed E-state index contributed by atoms with van der Waals surface area (Å²) in [7, 11) is 0. The van der Waals surface area contributed by atoms with E-state index >= 15 is 0 Å². The summed E-state index contributed by atoms with van der Waals surface area (Å²) in [5.74, 6) is -0.391. The van der Waals surface area contributed by atoms with Gasteiger partial charge in [-0.1, -0.05) is 49.5 Å². The Morgan fingerprint density at radius 1 is 1.20 bits per heavy atom. The van der Waals surface area contributed by atoms with Crippen molar-refractivity contribution < 1.29 is 14.6 Å². The summed E-state index contributed by atoms with van der Waals surface area (Å²) in [4.78, 5) is 10.8. The molecular formula is C14H9Br2ClO3. The average molecular weight is 420 g/mol. The molecule has 0 atom stereocenters. The van der Waals surface area contributed by atoms with Gasteiger partial charge in [-0.2, -0.15) is 0 Å². The number of rotatable bonds is 4. The summed E-state index contributed by atoms with van der Waals surface area (Å²) in [6.45, 7) is 0.293. The Labute approximate surface area is 137 Å². The minimum Gasteiger partial charge on any atom is -0.487 e. The van der Waals surface area contributed by atoms with Crippen LogP contribution >= 0.6 is 43.5 Å². The maximum absolute atomic E-state index is 10.8. The van der Waals surface area contributed by atoms with Crippen molar-refractivity contribution in [3.05, 3.63) is 61.5 Å². The van der Waals surface area contributed by atoms with Crippen LogP contribution in [0.1, 0.15) is 15.9 Å². The van der Waals surface area contributed by atoms with Gasteiger partial charge in [-0.05, 0) is 30.3 Å². The standard InChI is InChI=1S/C14H9Br2ClO3/c15-10-3-4-13(12(17)6-10)20-7-9-2-1-8(14(18)19)5-11(9)16/h1-6H,7H2,(H,18,19). The SMILES string of the molecule is O=C(O)c1ccc(COc2ccc(Br)cc2Cl)c(Br)c1. The number of carboxylic acid groups (broad SMARTS) is 1. The maximum atomic E-state index is 10.8. The quantitative estimate of drug-likeness (QED) is 0.745. The maximum Gasteiger partial charge on any atom is 0.335 e. The molecule has 0 spiro atoms. The molecule has 0 aliphatic rings. The number of ether oxygens (including phenoxy) is 1. The van der Waals surface area contributed by atoms with Crippen LogP contribution in [0.3, 0.4) is 0 Å². The molecule has 0 saturated carbocycles. The van der Waals surface area contributed by atoms with Crippen LogP contribution in [-0.2, 0) is 6.61 Å². The van der Waals surface area contributed by atoms with Crippen molar-refractivity contribution in [2.24, 2.45) is 0 Å². The van der Waals surface area contributed by atoms with Crippen molar-refractivity contribution in [1.82, 2.24) is 0 Å². The summed E-state index contributed by atoms with van der Waals surface area (Å²) in [5, 5.41) is 9.41. The molecule has 104 valence electrons. The van der Waals surface area contributed by atoms with Crippen LogP contribution in [0.15, 0.2) is 45.3 Å². The zero-order valence-electron chi connectivity index (χ0n) is 10.1. The molecule has 3 nitrogen and oxygen atoms in total. The molecule has 2 aromatic carbocycles. The first-order valence-corrected chi connectivity index (χ1v) is 7.53. The van der Waals surface area contributed by atoms with Gasteiger partial charge in [-0.3, -0.25) is 0 Å². The van der Waals surface area contributed by atoms with E-state index in [9.17, 15) is 4.79 Å². The monoisotopic (exact) mass is 418 g/mol. The summed E-state index contributed by atoms with van der Waals surface area (Å²) < 4.78 is 7.19. The Balaban J connectivity index is 2.13. The molecule has 2 aromatic rings. The predicted molar refractivity (Wildman–Crippen MR) is 84.6 cm³/mol. The fourth-order valence-corrected chi connectivity index (χ4v) is 2.77. The number of aromatic carboxylic acids is 1. The molecule has 0 saturated heterocycles. The molecule has 20 heavy (non-hydrogen) atoms. The van der Waals surface area contributed by atoms with Gasteiger partial charge < -0.3 is 9.84 Å². The number of carboxylic acids is 1. The van der Waals surface area contributed by atoms with Gasteiger partial charge in [0, 0.05) is 14.5 Å². The highest BCUT2D eigenvalue weighted by atomic mass is 79.9. The highest BCUT2D eigenvalue weighted by Gasteiger charge is 2.08. The predicted octanol–water partition coefficient (Wildman–Crippen LogP) is 5.14. The smallest absolute Gasteiger partial charge is 0.335 e. The van der Waals surface area contributed by atoms with E-state index in [1.165, 1.54) is 6.07 Å². The Morgan fingerprint density at radius 3 is 2.55 bits per heavy atom. The Kier molecular flexibility index (Phi) is 5.07. The number of hydrogen-bond acceptors (Lipinski definition) is 2. The van der Waals surface area contributed by atoms with Crippen molar-refractivity contribution in [2.75, 3.05) is 0 Å². The lowest BCUT2D eigenvalue weighted by Gasteiger charge is -2.10. The molecule has 0 fully saturated rings. The van der Waals surface area contributed by atoms with Gasteiger partial charge in [-0.15, -0.1) is 0 Å². The van der Waals surface area contributed by atoms with E-state index in [1.54, 1.807) is 24.3 Å². The molecule has 0 heterocycles. The molecule has 0 unspecified atom stereocenters. The van der Waals surface area contributed by atoms with Crippen LogP contribution in [0.25, 0.3) is 0 Å². The van der Waals surface area contributed by atoms with Crippen molar-refractivity contribution >= 4 is 49.4 Å². The van der Waals surface area contributed by atoms with Crippen LogP contribution in [0.2, 0.25) is 5.02 Å². The minimum absolute atomic E-state index is 0.224. The molecule has 0 aliphatic heterocycles. The molecule has 0 bridgehead atoms. The summed E-state index contributed by atoms with van der Waals surface area (Å²) in [5.41, 5.74) is 1.07.